The number of ether oxygens (including phenoxy) is 1. The van der Waals surface area contributed by atoms with E-state index >= 15 is 0 Å². The van der Waals surface area contributed by atoms with Crippen LogP contribution >= 0.6 is 0 Å². The molecule has 2 unspecified atom stereocenters. The molecule has 23 heavy (non-hydrogen) atoms. The molecule has 0 aromatic rings. The monoisotopic (exact) mass is 344 g/mol. The molecule has 134 valence electrons. The number of piperidine rings is 1. The molecule has 0 aliphatic carbocycles. The van der Waals surface area contributed by atoms with E-state index in [9.17, 15) is 9.90 Å². The smallest absolute Gasteiger partial charge is 0.407 e. The van der Waals surface area contributed by atoms with E-state index in [1.807, 2.05) is 0 Å². The maximum Gasteiger partial charge on any atom is 0.407 e. The second kappa shape index (κ2) is 7.09. The summed E-state index contributed by atoms with van der Waals surface area (Å²) in [5.74, 6) is 0. The topological polar surface area (TPSA) is 62.2 Å². The third-order valence-electron chi connectivity index (χ3n) is 5.56. The minimum Gasteiger partial charge on any atom is -0.465 e. The highest BCUT2D eigenvalue weighted by Gasteiger charge is 2.44. The first kappa shape index (κ1) is 18.7. The lowest BCUT2D eigenvalue weighted by molar-refractivity contribution is -0.0441. The van der Waals surface area contributed by atoms with Gasteiger partial charge in [0.05, 0.1) is 25.9 Å². The SMILES string of the molecule is CC(C)(C)[Si](C)(C)OC1CN(C(=O)O)CCC1N1CCOCC1. The van der Waals surface area contributed by atoms with Gasteiger partial charge in [-0.3, -0.25) is 4.90 Å². The van der Waals surface area contributed by atoms with Gasteiger partial charge in [-0.05, 0) is 24.6 Å². The summed E-state index contributed by atoms with van der Waals surface area (Å²) in [7, 11) is -1.94. The Morgan fingerprint density at radius 1 is 1.22 bits per heavy atom. The first-order valence-electron chi connectivity index (χ1n) is 8.59. The molecule has 2 fully saturated rings. The summed E-state index contributed by atoms with van der Waals surface area (Å²) in [6.45, 7) is 15.6. The number of morpholine rings is 1. The van der Waals surface area contributed by atoms with Gasteiger partial charge < -0.3 is 19.2 Å². The van der Waals surface area contributed by atoms with Gasteiger partial charge in [0.1, 0.15) is 0 Å². The normalized spacial score (nSPS) is 28.0. The lowest BCUT2D eigenvalue weighted by atomic mass is 10.00. The molecule has 2 saturated heterocycles. The van der Waals surface area contributed by atoms with Gasteiger partial charge in [-0.25, -0.2) is 4.79 Å². The van der Waals surface area contributed by atoms with E-state index in [2.05, 4.69) is 38.8 Å². The van der Waals surface area contributed by atoms with Crippen molar-refractivity contribution in [3.8, 4) is 0 Å². The summed E-state index contributed by atoms with van der Waals surface area (Å²) < 4.78 is 12.1. The van der Waals surface area contributed by atoms with E-state index in [4.69, 9.17) is 9.16 Å². The fraction of sp³-hybridized carbons (Fsp3) is 0.938. The molecule has 2 aliphatic rings. The van der Waals surface area contributed by atoms with Crippen LogP contribution in [0.2, 0.25) is 18.1 Å². The minimum atomic E-state index is -1.94. The van der Waals surface area contributed by atoms with Crippen molar-refractivity contribution in [1.29, 1.82) is 0 Å². The van der Waals surface area contributed by atoms with Crippen LogP contribution in [0.5, 0.6) is 0 Å². The first-order valence-corrected chi connectivity index (χ1v) is 11.5. The molecule has 0 spiro atoms. The Balaban J connectivity index is 2.14. The van der Waals surface area contributed by atoms with Crippen molar-refractivity contribution < 1.29 is 19.1 Å². The van der Waals surface area contributed by atoms with Crippen molar-refractivity contribution >= 4 is 14.4 Å². The molecule has 7 heteroatoms. The van der Waals surface area contributed by atoms with Gasteiger partial charge in [-0.2, -0.15) is 0 Å². The molecule has 0 aromatic carbocycles. The van der Waals surface area contributed by atoms with Crippen LogP contribution in [0, 0.1) is 0 Å². The first-order chi connectivity index (χ1) is 10.6. The second-order valence-corrected chi connectivity index (χ2v) is 12.9. The van der Waals surface area contributed by atoms with Crippen molar-refractivity contribution in [3.05, 3.63) is 0 Å². The molecule has 6 nitrogen and oxygen atoms in total. The number of amides is 1. The predicted molar refractivity (Wildman–Crippen MR) is 92.5 cm³/mol. The number of carboxylic acid groups (broad SMARTS) is 1. The number of rotatable bonds is 3. The van der Waals surface area contributed by atoms with Crippen molar-refractivity contribution in [2.45, 2.75) is 57.5 Å². The molecule has 0 saturated carbocycles. The molecule has 1 amide bonds. The molecule has 2 heterocycles. The minimum absolute atomic E-state index is 0.0427. The van der Waals surface area contributed by atoms with Crippen molar-refractivity contribution in [1.82, 2.24) is 9.80 Å². The highest BCUT2D eigenvalue weighted by molar-refractivity contribution is 6.74. The summed E-state index contributed by atoms with van der Waals surface area (Å²) in [6, 6.07) is 0.295. The number of likely N-dealkylation sites (tertiary alicyclic amines) is 1. The van der Waals surface area contributed by atoms with Gasteiger partial charge in [0.25, 0.3) is 0 Å². The van der Waals surface area contributed by atoms with Crippen LogP contribution in [0.15, 0.2) is 0 Å². The van der Waals surface area contributed by atoms with E-state index in [0.29, 0.717) is 19.1 Å². The fourth-order valence-corrected chi connectivity index (χ4v) is 4.42. The van der Waals surface area contributed by atoms with Gasteiger partial charge in [0.2, 0.25) is 0 Å². The van der Waals surface area contributed by atoms with E-state index < -0.39 is 14.4 Å². The maximum atomic E-state index is 11.4. The number of carbonyl (C=O) groups is 1. The Morgan fingerprint density at radius 3 is 2.35 bits per heavy atom. The van der Waals surface area contributed by atoms with Gasteiger partial charge in [-0.1, -0.05) is 20.8 Å². The summed E-state index contributed by atoms with van der Waals surface area (Å²) >= 11 is 0. The molecular weight excluding hydrogens is 312 g/mol. The Hall–Kier alpha value is -0.633. The van der Waals surface area contributed by atoms with Crippen LogP contribution in [0.1, 0.15) is 27.2 Å². The predicted octanol–water partition coefficient (Wildman–Crippen LogP) is 2.46. The Morgan fingerprint density at radius 2 is 1.83 bits per heavy atom. The zero-order chi connectivity index (χ0) is 17.3. The van der Waals surface area contributed by atoms with Gasteiger partial charge in [0.15, 0.2) is 8.32 Å². The Kier molecular flexibility index (Phi) is 5.76. The molecule has 2 rings (SSSR count). The van der Waals surface area contributed by atoms with Crippen LogP contribution in [0.4, 0.5) is 4.79 Å². The molecule has 2 aliphatic heterocycles. The van der Waals surface area contributed by atoms with E-state index in [1.165, 1.54) is 4.90 Å². The van der Waals surface area contributed by atoms with Crippen LogP contribution in [0.3, 0.4) is 0 Å². The number of hydrogen-bond acceptors (Lipinski definition) is 4. The molecular formula is C16H32N2O4Si. The maximum absolute atomic E-state index is 11.4. The molecule has 0 aromatic heterocycles. The van der Waals surface area contributed by atoms with E-state index in [0.717, 1.165) is 32.7 Å². The largest absolute Gasteiger partial charge is 0.465 e. The Bertz CT molecular complexity index is 419. The lowest BCUT2D eigenvalue weighted by Crippen LogP contribution is -2.61. The van der Waals surface area contributed by atoms with Crippen LogP contribution < -0.4 is 0 Å². The summed E-state index contributed by atoms with van der Waals surface area (Å²) in [5, 5.41) is 9.48. The van der Waals surface area contributed by atoms with Crippen LogP contribution in [-0.4, -0.2) is 80.9 Å². The van der Waals surface area contributed by atoms with Gasteiger partial charge in [0, 0.05) is 25.7 Å². The zero-order valence-corrected chi connectivity index (χ0v) is 16.2. The van der Waals surface area contributed by atoms with Crippen LogP contribution in [0.25, 0.3) is 0 Å². The van der Waals surface area contributed by atoms with Crippen molar-refractivity contribution in [2.75, 3.05) is 39.4 Å². The quantitative estimate of drug-likeness (QED) is 0.797. The third kappa shape index (κ3) is 4.46. The summed E-state index contributed by atoms with van der Waals surface area (Å²) in [6.07, 6.45) is -0.0425. The molecule has 2 atom stereocenters. The zero-order valence-electron chi connectivity index (χ0n) is 15.2. The second-order valence-electron chi connectivity index (χ2n) is 8.15. The highest BCUT2D eigenvalue weighted by atomic mass is 28.4. The van der Waals surface area contributed by atoms with Crippen molar-refractivity contribution in [3.63, 3.8) is 0 Å². The average molecular weight is 345 g/mol. The standard InChI is InChI=1S/C16H32N2O4Si/c1-16(2,3)23(4,5)22-14-12-18(15(19)20)7-6-13(14)17-8-10-21-11-9-17/h13-14H,6-12H2,1-5H3,(H,19,20). The van der Waals surface area contributed by atoms with Gasteiger partial charge in [-0.15, -0.1) is 0 Å². The van der Waals surface area contributed by atoms with Crippen molar-refractivity contribution in [2.24, 2.45) is 0 Å². The average Bonchev–Trinajstić information content (AvgIpc) is 2.46. The lowest BCUT2D eigenvalue weighted by Gasteiger charge is -2.48. The number of nitrogens with zero attached hydrogens (tertiary/aromatic N) is 2. The van der Waals surface area contributed by atoms with Gasteiger partial charge >= 0.3 is 6.09 Å². The number of hydrogen-bond donors (Lipinski definition) is 1. The van der Waals surface area contributed by atoms with Crippen LogP contribution in [-0.2, 0) is 9.16 Å². The molecule has 0 bridgehead atoms. The highest BCUT2D eigenvalue weighted by Crippen LogP contribution is 2.38. The summed E-state index contributed by atoms with van der Waals surface area (Å²) in [4.78, 5) is 15.3. The molecule has 1 N–H and O–H groups in total. The third-order valence-corrected chi connectivity index (χ3v) is 10.1. The van der Waals surface area contributed by atoms with E-state index in [-0.39, 0.29) is 11.1 Å². The summed E-state index contributed by atoms with van der Waals surface area (Å²) in [5.41, 5.74) is 0. The molecule has 0 radical (unpaired) electrons. The fourth-order valence-electron chi connectivity index (χ4n) is 3.08. The van der Waals surface area contributed by atoms with E-state index in [1.54, 1.807) is 0 Å². The Labute approximate surface area is 140 Å².